The Morgan fingerprint density at radius 2 is 1.63 bits per heavy atom. The second-order valence-electron chi connectivity index (χ2n) is 10.3. The fraction of sp³-hybridized carbons (Fsp3) is 0.250. The SMILES string of the molecule is CC(C)(C)[C@@H](CO)NC(=O)c1ccc(-c2cnccc2C(=O)Nc2ccc(C(=N)N)cc2)c(C(=O)OS(C)(=O)=O)c1. The molecule has 6 N–H and O–H groups in total. The number of benzene rings is 2. The number of nitrogens with two attached hydrogens (primary N) is 1. The molecular formula is C28H31N5O7S. The quantitative estimate of drug-likeness (QED) is 0.143. The molecule has 41 heavy (non-hydrogen) atoms. The van der Waals surface area contributed by atoms with Gasteiger partial charge in [0.2, 0.25) is 0 Å². The molecule has 3 rings (SSSR count). The fourth-order valence-corrected chi connectivity index (χ4v) is 4.15. The van der Waals surface area contributed by atoms with Gasteiger partial charge in [-0.05, 0) is 53.4 Å². The number of anilines is 1. The van der Waals surface area contributed by atoms with Crippen molar-refractivity contribution in [3.8, 4) is 11.1 Å². The molecule has 0 bridgehead atoms. The van der Waals surface area contributed by atoms with Crippen molar-refractivity contribution in [1.82, 2.24) is 10.3 Å². The van der Waals surface area contributed by atoms with Gasteiger partial charge in [0, 0.05) is 34.8 Å². The highest BCUT2D eigenvalue weighted by atomic mass is 32.2. The number of carbonyl (C=O) groups is 3. The maximum Gasteiger partial charge on any atom is 0.354 e. The minimum Gasteiger partial charge on any atom is -0.394 e. The van der Waals surface area contributed by atoms with E-state index in [1.807, 2.05) is 20.8 Å². The summed E-state index contributed by atoms with van der Waals surface area (Å²) in [6.45, 7) is 5.17. The summed E-state index contributed by atoms with van der Waals surface area (Å²) in [7, 11) is -4.22. The van der Waals surface area contributed by atoms with Crippen LogP contribution >= 0.6 is 0 Å². The van der Waals surface area contributed by atoms with Gasteiger partial charge in [0.1, 0.15) is 5.84 Å². The second-order valence-corrected chi connectivity index (χ2v) is 11.9. The third-order valence-corrected chi connectivity index (χ3v) is 6.53. The summed E-state index contributed by atoms with van der Waals surface area (Å²) in [5.41, 5.74) is 5.92. The topological polar surface area (TPSA) is 202 Å². The number of carbonyl (C=O) groups excluding carboxylic acids is 3. The van der Waals surface area contributed by atoms with E-state index in [0.29, 0.717) is 17.5 Å². The summed E-state index contributed by atoms with van der Waals surface area (Å²) < 4.78 is 28.2. The Labute approximate surface area is 237 Å². The van der Waals surface area contributed by atoms with Gasteiger partial charge in [0.25, 0.3) is 11.8 Å². The van der Waals surface area contributed by atoms with E-state index in [1.54, 1.807) is 24.3 Å². The normalized spacial score (nSPS) is 12.2. The molecule has 0 aliphatic carbocycles. The number of nitrogens with zero attached hydrogens (tertiary/aromatic N) is 1. The van der Waals surface area contributed by atoms with Gasteiger partial charge in [-0.1, -0.05) is 26.8 Å². The van der Waals surface area contributed by atoms with Crippen LogP contribution in [0.4, 0.5) is 5.69 Å². The maximum atomic E-state index is 13.3. The highest BCUT2D eigenvalue weighted by Crippen LogP contribution is 2.30. The van der Waals surface area contributed by atoms with Crippen LogP contribution in [0.5, 0.6) is 0 Å². The number of amides is 2. The summed E-state index contributed by atoms with van der Waals surface area (Å²) in [6, 6.07) is 11.0. The molecule has 1 aromatic heterocycles. The van der Waals surface area contributed by atoms with Gasteiger partial charge < -0.3 is 25.7 Å². The maximum absolute atomic E-state index is 13.3. The zero-order chi connectivity index (χ0) is 30.5. The van der Waals surface area contributed by atoms with Crippen molar-refractivity contribution in [3.63, 3.8) is 0 Å². The number of aliphatic hydroxyl groups is 1. The van der Waals surface area contributed by atoms with Crippen LogP contribution in [0.2, 0.25) is 0 Å². The molecule has 2 amide bonds. The van der Waals surface area contributed by atoms with Crippen molar-refractivity contribution in [2.75, 3.05) is 18.2 Å². The number of hydrogen-bond acceptors (Lipinski definition) is 9. The van der Waals surface area contributed by atoms with Crippen LogP contribution < -0.4 is 16.4 Å². The van der Waals surface area contributed by atoms with Crippen molar-refractivity contribution < 1.29 is 32.1 Å². The lowest BCUT2D eigenvalue weighted by molar-refractivity contribution is 0.0748. The van der Waals surface area contributed by atoms with Crippen molar-refractivity contribution in [1.29, 1.82) is 5.41 Å². The van der Waals surface area contributed by atoms with Crippen LogP contribution in [-0.4, -0.2) is 61.0 Å². The first-order valence-electron chi connectivity index (χ1n) is 12.3. The third kappa shape index (κ3) is 7.96. The summed E-state index contributed by atoms with van der Waals surface area (Å²) >= 11 is 0. The minimum atomic E-state index is -4.22. The molecule has 12 nitrogen and oxygen atoms in total. The number of aromatic nitrogens is 1. The predicted molar refractivity (Wildman–Crippen MR) is 153 cm³/mol. The molecule has 216 valence electrons. The molecule has 0 fully saturated rings. The number of nitrogens with one attached hydrogen (secondary N) is 3. The lowest BCUT2D eigenvalue weighted by Gasteiger charge is -2.29. The summed E-state index contributed by atoms with van der Waals surface area (Å²) in [5, 5.41) is 22.7. The Kier molecular flexibility index (Phi) is 9.25. The van der Waals surface area contributed by atoms with Crippen LogP contribution in [0.1, 0.15) is 57.4 Å². The monoisotopic (exact) mass is 581 g/mol. The zero-order valence-electron chi connectivity index (χ0n) is 22.9. The average Bonchev–Trinajstić information content (AvgIpc) is 2.89. The number of nitrogen functional groups attached to an aromatic ring is 1. The Morgan fingerprint density at radius 3 is 2.20 bits per heavy atom. The van der Waals surface area contributed by atoms with Gasteiger partial charge in [-0.25, -0.2) is 4.79 Å². The molecule has 0 radical (unpaired) electrons. The van der Waals surface area contributed by atoms with E-state index < -0.39 is 39.4 Å². The van der Waals surface area contributed by atoms with Gasteiger partial charge in [-0.3, -0.25) is 20.0 Å². The smallest absolute Gasteiger partial charge is 0.354 e. The van der Waals surface area contributed by atoms with E-state index in [1.165, 1.54) is 30.6 Å². The van der Waals surface area contributed by atoms with Crippen LogP contribution in [-0.2, 0) is 14.3 Å². The number of pyridine rings is 1. The van der Waals surface area contributed by atoms with Crippen LogP contribution in [0.15, 0.2) is 60.9 Å². The van der Waals surface area contributed by atoms with Crippen LogP contribution in [0.3, 0.4) is 0 Å². The number of amidine groups is 1. The van der Waals surface area contributed by atoms with Crippen molar-refractivity contribution in [2.24, 2.45) is 11.1 Å². The highest BCUT2D eigenvalue weighted by molar-refractivity contribution is 7.86. The lowest BCUT2D eigenvalue weighted by atomic mass is 9.87. The Hall–Kier alpha value is -4.62. The first-order valence-corrected chi connectivity index (χ1v) is 14.1. The molecule has 0 saturated carbocycles. The molecule has 0 aliphatic heterocycles. The van der Waals surface area contributed by atoms with E-state index in [2.05, 4.69) is 19.8 Å². The van der Waals surface area contributed by atoms with Crippen molar-refractivity contribution in [3.05, 3.63) is 83.2 Å². The zero-order valence-corrected chi connectivity index (χ0v) is 23.7. The van der Waals surface area contributed by atoms with E-state index >= 15 is 0 Å². The molecule has 0 spiro atoms. The summed E-state index contributed by atoms with van der Waals surface area (Å²) in [6.07, 6.45) is 3.40. The highest BCUT2D eigenvalue weighted by Gasteiger charge is 2.28. The minimum absolute atomic E-state index is 0.00245. The van der Waals surface area contributed by atoms with E-state index in [-0.39, 0.29) is 40.3 Å². The van der Waals surface area contributed by atoms with Gasteiger partial charge in [-0.15, -0.1) is 0 Å². The number of hydrogen-bond donors (Lipinski definition) is 5. The van der Waals surface area contributed by atoms with Crippen molar-refractivity contribution >= 4 is 39.4 Å². The molecule has 0 saturated heterocycles. The molecular weight excluding hydrogens is 550 g/mol. The van der Waals surface area contributed by atoms with Gasteiger partial charge in [-0.2, -0.15) is 8.42 Å². The first-order chi connectivity index (χ1) is 19.1. The van der Waals surface area contributed by atoms with E-state index in [9.17, 15) is 27.9 Å². The summed E-state index contributed by atoms with van der Waals surface area (Å²) in [5.74, 6) is -2.58. The van der Waals surface area contributed by atoms with Gasteiger partial charge in [0.15, 0.2) is 0 Å². The molecule has 0 aliphatic rings. The first kappa shape index (κ1) is 30.9. The standard InChI is InChI=1S/C28H31N5O7S/c1-28(2,3)23(15-34)33-25(35)17-7-10-19(21(13-17)27(37)40-41(4,38)39)22-14-31-12-11-20(22)26(36)32-18-8-5-16(6-9-18)24(29)30/h5-14,23,34H,15H2,1-4H3,(H3,29,30)(H,32,36)(H,33,35)/t23-/m1/s1. The fourth-order valence-electron chi connectivity index (χ4n) is 3.79. The molecule has 2 aromatic carbocycles. The van der Waals surface area contributed by atoms with Crippen molar-refractivity contribution in [2.45, 2.75) is 26.8 Å². The van der Waals surface area contributed by atoms with E-state index in [0.717, 1.165) is 6.07 Å². The summed E-state index contributed by atoms with van der Waals surface area (Å²) in [4.78, 5) is 43.3. The predicted octanol–water partition coefficient (Wildman–Crippen LogP) is 2.54. The lowest BCUT2D eigenvalue weighted by Crippen LogP contribution is -2.46. The third-order valence-electron chi connectivity index (χ3n) is 6.07. The Bertz CT molecular complexity index is 1600. The number of rotatable bonds is 9. The Morgan fingerprint density at radius 1 is 1.00 bits per heavy atom. The molecule has 3 aromatic rings. The molecule has 13 heteroatoms. The largest absolute Gasteiger partial charge is 0.394 e. The molecule has 1 atom stereocenters. The van der Waals surface area contributed by atoms with Crippen LogP contribution in [0.25, 0.3) is 11.1 Å². The van der Waals surface area contributed by atoms with Crippen LogP contribution in [0, 0.1) is 10.8 Å². The second kappa shape index (κ2) is 12.3. The Balaban J connectivity index is 2.06. The van der Waals surface area contributed by atoms with E-state index in [4.69, 9.17) is 11.1 Å². The molecule has 1 heterocycles. The van der Waals surface area contributed by atoms with Gasteiger partial charge >= 0.3 is 16.1 Å². The number of aliphatic hydroxyl groups excluding tert-OH is 1. The average molecular weight is 582 g/mol. The molecule has 0 unspecified atom stereocenters. The van der Waals surface area contributed by atoms with Gasteiger partial charge in [0.05, 0.1) is 30.0 Å².